The lowest BCUT2D eigenvalue weighted by Gasteiger charge is -2.22. The van der Waals surface area contributed by atoms with Crippen molar-refractivity contribution in [1.82, 2.24) is 14.5 Å². The zero-order chi connectivity index (χ0) is 27.4. The number of sulfonamides is 1. The Labute approximate surface area is 230 Å². The lowest BCUT2D eigenvalue weighted by atomic mass is 10.2. The highest BCUT2D eigenvalue weighted by Crippen LogP contribution is 2.31. The second-order valence-electron chi connectivity index (χ2n) is 10.2. The molecule has 0 radical (unpaired) electrons. The van der Waals surface area contributed by atoms with Gasteiger partial charge in [-0.2, -0.15) is 0 Å². The van der Waals surface area contributed by atoms with Gasteiger partial charge in [0.1, 0.15) is 10.6 Å². The molecule has 2 aromatic rings. The van der Waals surface area contributed by atoms with Gasteiger partial charge in [0, 0.05) is 51.8 Å². The van der Waals surface area contributed by atoms with E-state index in [9.17, 15) is 13.2 Å². The Kier molecular flexibility index (Phi) is 9.07. The first-order chi connectivity index (χ1) is 18.1. The molecular formula is C27H38ClN5O4S. The van der Waals surface area contributed by atoms with E-state index in [0.717, 1.165) is 43.3 Å². The molecular weight excluding hydrogens is 526 g/mol. The van der Waals surface area contributed by atoms with Crippen molar-refractivity contribution >= 4 is 38.9 Å². The van der Waals surface area contributed by atoms with Crippen LogP contribution in [0, 0.1) is 6.92 Å². The molecule has 2 fully saturated rings. The Bertz CT molecular complexity index is 1240. The number of nitrogens with two attached hydrogens (primary N) is 1. The van der Waals surface area contributed by atoms with Crippen molar-refractivity contribution in [3.63, 3.8) is 0 Å². The molecule has 0 saturated carbocycles. The van der Waals surface area contributed by atoms with Gasteiger partial charge in [0.2, 0.25) is 15.9 Å². The fraction of sp³-hybridized carbons (Fsp3) is 0.519. The van der Waals surface area contributed by atoms with E-state index in [1.165, 1.54) is 42.9 Å². The first-order valence-electron chi connectivity index (χ1n) is 13.0. The van der Waals surface area contributed by atoms with Crippen molar-refractivity contribution in [1.29, 1.82) is 0 Å². The zero-order valence-electron chi connectivity index (χ0n) is 22.4. The van der Waals surface area contributed by atoms with Crippen LogP contribution in [0.1, 0.15) is 36.8 Å². The molecule has 2 heterocycles. The molecule has 1 amide bonds. The van der Waals surface area contributed by atoms with E-state index < -0.39 is 10.0 Å². The van der Waals surface area contributed by atoms with Crippen molar-refractivity contribution in [2.75, 3.05) is 57.5 Å². The molecule has 0 spiro atoms. The van der Waals surface area contributed by atoms with E-state index in [1.54, 1.807) is 13.0 Å². The van der Waals surface area contributed by atoms with Gasteiger partial charge in [0.05, 0.1) is 23.5 Å². The standard InChI is InChI=1S/C27H38ClN5O4S/c1-19-14-22(37-3)16-24(29)27(19)38(35,36)31(2)12-9-26(34)30-21-8-13-33(18-21)25-7-6-20(15-23(25)28)17-32-10-4-5-11-32/h6-7,14-16,21H,4-5,8-13,17-18,29H2,1-3H3,(H,30,34). The van der Waals surface area contributed by atoms with Gasteiger partial charge in [0.15, 0.2) is 0 Å². The summed E-state index contributed by atoms with van der Waals surface area (Å²) >= 11 is 6.64. The maximum absolute atomic E-state index is 13.1. The predicted octanol–water partition coefficient (Wildman–Crippen LogP) is 3.24. The summed E-state index contributed by atoms with van der Waals surface area (Å²) in [5.74, 6) is 0.302. The van der Waals surface area contributed by atoms with Crippen LogP contribution in [0.2, 0.25) is 5.02 Å². The summed E-state index contributed by atoms with van der Waals surface area (Å²) in [5.41, 5.74) is 8.83. The van der Waals surface area contributed by atoms with Gasteiger partial charge in [-0.1, -0.05) is 17.7 Å². The summed E-state index contributed by atoms with van der Waals surface area (Å²) in [6, 6.07) is 9.35. The minimum atomic E-state index is -3.86. The van der Waals surface area contributed by atoms with Crippen molar-refractivity contribution in [3.05, 3.63) is 46.5 Å². The number of amides is 1. The van der Waals surface area contributed by atoms with Crippen molar-refractivity contribution in [2.45, 2.75) is 50.1 Å². The highest BCUT2D eigenvalue weighted by atomic mass is 35.5. The van der Waals surface area contributed by atoms with E-state index in [-0.39, 0.29) is 35.5 Å². The van der Waals surface area contributed by atoms with Crippen molar-refractivity contribution in [3.8, 4) is 5.75 Å². The van der Waals surface area contributed by atoms with E-state index in [4.69, 9.17) is 22.1 Å². The molecule has 4 rings (SSSR count). The number of benzene rings is 2. The van der Waals surface area contributed by atoms with Crippen LogP contribution in [0.15, 0.2) is 35.2 Å². The van der Waals surface area contributed by atoms with E-state index in [0.29, 0.717) is 17.9 Å². The number of likely N-dealkylation sites (tertiary alicyclic amines) is 1. The third kappa shape index (κ3) is 6.54. The Balaban J connectivity index is 1.29. The molecule has 0 aromatic heterocycles. The molecule has 11 heteroatoms. The molecule has 1 atom stereocenters. The number of nitrogen functional groups attached to an aromatic ring is 1. The number of hydrogen-bond acceptors (Lipinski definition) is 7. The van der Waals surface area contributed by atoms with E-state index >= 15 is 0 Å². The Morgan fingerprint density at radius 2 is 1.95 bits per heavy atom. The van der Waals surface area contributed by atoms with Gasteiger partial charge >= 0.3 is 0 Å². The molecule has 2 aliphatic heterocycles. The summed E-state index contributed by atoms with van der Waals surface area (Å²) in [7, 11) is -0.908. The first kappa shape index (κ1) is 28.5. The number of ether oxygens (including phenoxy) is 1. The number of nitrogens with one attached hydrogen (secondary N) is 1. The van der Waals surface area contributed by atoms with Crippen LogP contribution in [-0.2, 0) is 21.4 Å². The lowest BCUT2D eigenvalue weighted by Crippen LogP contribution is -2.39. The van der Waals surface area contributed by atoms with Crippen LogP contribution in [-0.4, -0.2) is 76.5 Å². The molecule has 38 heavy (non-hydrogen) atoms. The monoisotopic (exact) mass is 563 g/mol. The van der Waals surface area contributed by atoms with E-state index in [2.05, 4.69) is 33.3 Å². The second kappa shape index (κ2) is 12.1. The SMILES string of the molecule is COc1cc(C)c(S(=O)(=O)N(C)CCC(=O)NC2CCN(c3ccc(CN4CCCC4)cc3Cl)C2)c(N)c1. The van der Waals surface area contributed by atoms with Gasteiger partial charge in [-0.25, -0.2) is 12.7 Å². The number of carbonyl (C=O) groups excluding carboxylic acids is 1. The third-order valence-corrected chi connectivity index (χ3v) is 9.73. The van der Waals surface area contributed by atoms with Crippen LogP contribution >= 0.6 is 11.6 Å². The van der Waals surface area contributed by atoms with Crippen molar-refractivity contribution < 1.29 is 17.9 Å². The summed E-state index contributed by atoms with van der Waals surface area (Å²) in [6.45, 7) is 6.37. The highest BCUT2D eigenvalue weighted by Gasteiger charge is 2.28. The molecule has 2 saturated heterocycles. The average molecular weight is 564 g/mol. The Hall–Kier alpha value is -2.53. The number of anilines is 2. The Morgan fingerprint density at radius 1 is 1.21 bits per heavy atom. The number of carbonyl (C=O) groups is 1. The Morgan fingerprint density at radius 3 is 2.61 bits per heavy atom. The van der Waals surface area contributed by atoms with Gasteiger partial charge in [0.25, 0.3) is 0 Å². The normalized spacial score (nSPS) is 18.3. The molecule has 0 aliphatic carbocycles. The van der Waals surface area contributed by atoms with Crippen LogP contribution in [0.5, 0.6) is 5.75 Å². The number of nitrogens with zero attached hydrogens (tertiary/aromatic N) is 3. The predicted molar refractivity (Wildman–Crippen MR) is 151 cm³/mol. The summed E-state index contributed by atoms with van der Waals surface area (Å²) in [6.07, 6.45) is 3.37. The molecule has 2 aromatic carbocycles. The fourth-order valence-corrected chi connectivity index (χ4v) is 7.06. The van der Waals surface area contributed by atoms with Gasteiger partial charge in [-0.15, -0.1) is 0 Å². The van der Waals surface area contributed by atoms with Crippen LogP contribution in [0.4, 0.5) is 11.4 Å². The van der Waals surface area contributed by atoms with Crippen LogP contribution < -0.4 is 20.7 Å². The minimum Gasteiger partial charge on any atom is -0.497 e. The van der Waals surface area contributed by atoms with Gasteiger partial charge in [-0.05, 0) is 68.6 Å². The van der Waals surface area contributed by atoms with E-state index in [1.807, 2.05) is 0 Å². The molecule has 1 unspecified atom stereocenters. The third-order valence-electron chi connectivity index (χ3n) is 7.35. The number of rotatable bonds is 10. The molecule has 2 aliphatic rings. The maximum Gasteiger partial charge on any atom is 0.245 e. The van der Waals surface area contributed by atoms with Gasteiger partial charge in [-0.3, -0.25) is 9.69 Å². The zero-order valence-corrected chi connectivity index (χ0v) is 23.9. The molecule has 9 nitrogen and oxygen atoms in total. The van der Waals surface area contributed by atoms with Crippen molar-refractivity contribution in [2.24, 2.45) is 0 Å². The van der Waals surface area contributed by atoms with Gasteiger partial charge < -0.3 is 20.7 Å². The largest absolute Gasteiger partial charge is 0.497 e. The second-order valence-corrected chi connectivity index (χ2v) is 12.6. The summed E-state index contributed by atoms with van der Waals surface area (Å²) in [4.78, 5) is 17.4. The molecule has 0 bridgehead atoms. The number of halogens is 1. The minimum absolute atomic E-state index is 0.0239. The van der Waals surface area contributed by atoms with Crippen LogP contribution in [0.3, 0.4) is 0 Å². The average Bonchev–Trinajstić information content (AvgIpc) is 3.54. The topological polar surface area (TPSA) is 108 Å². The summed E-state index contributed by atoms with van der Waals surface area (Å²) in [5, 5.41) is 3.78. The maximum atomic E-state index is 13.1. The first-order valence-corrected chi connectivity index (χ1v) is 14.9. The fourth-order valence-electron chi connectivity index (χ4n) is 5.27. The smallest absolute Gasteiger partial charge is 0.245 e. The number of hydrogen-bond donors (Lipinski definition) is 2. The number of methoxy groups -OCH3 is 1. The quantitative estimate of drug-likeness (QED) is 0.427. The van der Waals surface area contributed by atoms with Crippen LogP contribution in [0.25, 0.3) is 0 Å². The number of aryl methyl sites for hydroxylation is 1. The lowest BCUT2D eigenvalue weighted by molar-refractivity contribution is -0.121. The molecule has 208 valence electrons. The molecule has 3 N–H and O–H groups in total. The highest BCUT2D eigenvalue weighted by molar-refractivity contribution is 7.89. The summed E-state index contributed by atoms with van der Waals surface area (Å²) < 4.78 is 32.6.